The number of carbonyl (C=O) groups excluding carboxylic acids is 1. The molecule has 3 aliphatic rings. The number of carbonyl (C=O) groups is 1. The van der Waals surface area contributed by atoms with Crippen molar-refractivity contribution in [1.29, 1.82) is 0 Å². The Hall–Kier alpha value is -0.920. The van der Waals surface area contributed by atoms with Crippen molar-refractivity contribution in [2.75, 3.05) is 32.5 Å². The fourth-order valence-electron chi connectivity index (χ4n) is 3.94. The van der Waals surface area contributed by atoms with Crippen LogP contribution in [0.4, 0.5) is 0 Å². The van der Waals surface area contributed by atoms with Gasteiger partial charge in [0.15, 0.2) is 0 Å². The van der Waals surface area contributed by atoms with Crippen LogP contribution in [0.2, 0.25) is 0 Å². The highest BCUT2D eigenvalue weighted by atomic mass is 32.2. The van der Waals surface area contributed by atoms with E-state index in [2.05, 4.69) is 10.8 Å². The molecule has 0 radical (unpaired) electrons. The fourth-order valence-corrected chi connectivity index (χ4v) is 4.43. The van der Waals surface area contributed by atoms with Crippen LogP contribution < -0.4 is 4.72 Å². The topological polar surface area (TPSA) is 75.7 Å². The lowest BCUT2D eigenvalue weighted by Crippen LogP contribution is -2.66. The number of nitrogens with zero attached hydrogens (tertiary/aromatic N) is 1. The standard InChI is InChI=1S/C16H26N2O4S/c1-23(20,21)17-9-7-14-8-10-22-16(14)11-18(12-16)15(19)13-5-3-2-4-6-13/h5,14,17H,2-4,6-12H2,1H3/t14-/m1/s1. The van der Waals surface area contributed by atoms with Gasteiger partial charge in [0.2, 0.25) is 15.9 Å². The highest BCUT2D eigenvalue weighted by Crippen LogP contribution is 2.42. The SMILES string of the molecule is CS(=O)(=O)NCC[C@@H]1CCOC12CN(C(=O)C1=CCCCC1)C2. The summed E-state index contributed by atoms with van der Waals surface area (Å²) in [6.45, 7) is 2.43. The Labute approximate surface area is 138 Å². The molecule has 130 valence electrons. The third-order valence-electron chi connectivity index (χ3n) is 5.23. The minimum atomic E-state index is -3.14. The van der Waals surface area contributed by atoms with Crippen LogP contribution in [-0.4, -0.2) is 57.3 Å². The Bertz CT molecular complexity index is 593. The number of allylic oxidation sites excluding steroid dienone is 1. The summed E-state index contributed by atoms with van der Waals surface area (Å²) >= 11 is 0. The van der Waals surface area contributed by atoms with E-state index >= 15 is 0 Å². The molecule has 2 heterocycles. The summed E-state index contributed by atoms with van der Waals surface area (Å²) in [5.41, 5.74) is 0.712. The fraction of sp³-hybridized carbons (Fsp3) is 0.812. The Balaban J connectivity index is 1.53. The maximum atomic E-state index is 12.5. The Kier molecular flexibility index (Phi) is 4.80. The van der Waals surface area contributed by atoms with Gasteiger partial charge in [-0.25, -0.2) is 13.1 Å². The Morgan fingerprint density at radius 2 is 2.22 bits per heavy atom. The molecule has 2 saturated heterocycles. The summed E-state index contributed by atoms with van der Waals surface area (Å²) in [4.78, 5) is 14.4. The molecule has 1 spiro atoms. The lowest BCUT2D eigenvalue weighted by molar-refractivity contribution is -0.161. The largest absolute Gasteiger partial charge is 0.371 e. The van der Waals surface area contributed by atoms with E-state index in [-0.39, 0.29) is 11.5 Å². The molecule has 1 amide bonds. The summed E-state index contributed by atoms with van der Waals surface area (Å²) in [5, 5.41) is 0. The normalized spacial score (nSPS) is 26.9. The summed E-state index contributed by atoms with van der Waals surface area (Å²) in [5.74, 6) is 0.486. The second kappa shape index (κ2) is 6.53. The zero-order chi connectivity index (χ0) is 16.5. The molecule has 0 aromatic rings. The highest BCUT2D eigenvalue weighted by molar-refractivity contribution is 7.88. The van der Waals surface area contributed by atoms with Crippen LogP contribution in [0.3, 0.4) is 0 Å². The second-order valence-corrected chi connectivity index (χ2v) is 8.82. The van der Waals surface area contributed by atoms with Crippen LogP contribution in [0.1, 0.15) is 38.5 Å². The van der Waals surface area contributed by atoms with Gasteiger partial charge in [-0.3, -0.25) is 4.79 Å². The minimum absolute atomic E-state index is 0.166. The lowest BCUT2D eigenvalue weighted by atomic mass is 9.78. The molecule has 0 bridgehead atoms. The van der Waals surface area contributed by atoms with Crippen molar-refractivity contribution in [3.8, 4) is 0 Å². The van der Waals surface area contributed by atoms with Crippen molar-refractivity contribution in [2.24, 2.45) is 5.92 Å². The average Bonchev–Trinajstić information content (AvgIpc) is 2.88. The van der Waals surface area contributed by atoms with Crippen LogP contribution in [0.15, 0.2) is 11.6 Å². The molecule has 0 saturated carbocycles. The third kappa shape index (κ3) is 3.78. The molecule has 1 N–H and O–H groups in total. The van der Waals surface area contributed by atoms with Gasteiger partial charge in [-0.1, -0.05) is 6.08 Å². The Morgan fingerprint density at radius 1 is 1.43 bits per heavy atom. The molecular weight excluding hydrogens is 316 g/mol. The van der Waals surface area contributed by atoms with E-state index in [0.29, 0.717) is 32.2 Å². The van der Waals surface area contributed by atoms with Crippen molar-refractivity contribution in [2.45, 2.75) is 44.1 Å². The van der Waals surface area contributed by atoms with Gasteiger partial charge in [-0.15, -0.1) is 0 Å². The first-order chi connectivity index (χ1) is 10.9. The first-order valence-electron chi connectivity index (χ1n) is 8.47. The summed E-state index contributed by atoms with van der Waals surface area (Å²) < 4.78 is 30.8. The highest BCUT2D eigenvalue weighted by Gasteiger charge is 2.54. The maximum absolute atomic E-state index is 12.5. The number of ether oxygens (including phenoxy) is 1. The van der Waals surface area contributed by atoms with E-state index in [9.17, 15) is 13.2 Å². The second-order valence-electron chi connectivity index (χ2n) is 6.99. The first-order valence-corrected chi connectivity index (χ1v) is 10.4. The molecule has 2 fully saturated rings. The number of sulfonamides is 1. The van der Waals surface area contributed by atoms with Crippen LogP contribution in [-0.2, 0) is 19.6 Å². The smallest absolute Gasteiger partial charge is 0.249 e. The Morgan fingerprint density at radius 3 is 2.87 bits per heavy atom. The lowest BCUT2D eigenvalue weighted by Gasteiger charge is -2.50. The number of amides is 1. The zero-order valence-electron chi connectivity index (χ0n) is 13.7. The first kappa shape index (κ1) is 16.9. The molecule has 0 aromatic heterocycles. The molecule has 0 unspecified atom stereocenters. The summed E-state index contributed by atoms with van der Waals surface area (Å²) in [6, 6.07) is 0. The van der Waals surface area contributed by atoms with Gasteiger partial charge in [0.25, 0.3) is 0 Å². The predicted molar refractivity (Wildman–Crippen MR) is 87.4 cm³/mol. The van der Waals surface area contributed by atoms with Gasteiger partial charge in [-0.2, -0.15) is 0 Å². The van der Waals surface area contributed by atoms with Crippen LogP contribution in [0.5, 0.6) is 0 Å². The van der Waals surface area contributed by atoms with E-state index in [1.54, 1.807) is 0 Å². The minimum Gasteiger partial charge on any atom is -0.371 e. The van der Waals surface area contributed by atoms with E-state index < -0.39 is 10.0 Å². The maximum Gasteiger partial charge on any atom is 0.249 e. The van der Waals surface area contributed by atoms with Gasteiger partial charge in [0, 0.05) is 18.7 Å². The van der Waals surface area contributed by atoms with E-state index in [4.69, 9.17) is 4.74 Å². The number of nitrogens with one attached hydrogen (secondary N) is 1. The molecule has 23 heavy (non-hydrogen) atoms. The molecule has 0 aromatic carbocycles. The zero-order valence-corrected chi connectivity index (χ0v) is 14.5. The van der Waals surface area contributed by atoms with Crippen molar-refractivity contribution in [1.82, 2.24) is 9.62 Å². The summed E-state index contributed by atoms with van der Waals surface area (Å²) in [7, 11) is -3.14. The molecule has 1 aliphatic carbocycles. The number of hydrogen-bond acceptors (Lipinski definition) is 4. The third-order valence-corrected chi connectivity index (χ3v) is 5.96. The van der Waals surface area contributed by atoms with Gasteiger partial charge >= 0.3 is 0 Å². The number of rotatable bonds is 5. The van der Waals surface area contributed by atoms with Crippen LogP contribution in [0, 0.1) is 5.92 Å². The van der Waals surface area contributed by atoms with Crippen molar-refractivity contribution >= 4 is 15.9 Å². The van der Waals surface area contributed by atoms with Gasteiger partial charge in [0.05, 0.1) is 19.3 Å². The van der Waals surface area contributed by atoms with E-state index in [0.717, 1.165) is 37.7 Å². The van der Waals surface area contributed by atoms with Crippen LogP contribution >= 0.6 is 0 Å². The molecule has 1 atom stereocenters. The van der Waals surface area contributed by atoms with E-state index in [1.165, 1.54) is 12.7 Å². The van der Waals surface area contributed by atoms with Crippen molar-refractivity contribution in [3.05, 3.63) is 11.6 Å². The van der Waals surface area contributed by atoms with Crippen molar-refractivity contribution < 1.29 is 17.9 Å². The quantitative estimate of drug-likeness (QED) is 0.810. The summed E-state index contributed by atoms with van der Waals surface area (Å²) in [6.07, 6.45) is 9.15. The van der Waals surface area contributed by atoms with Crippen molar-refractivity contribution in [3.63, 3.8) is 0 Å². The molecule has 3 rings (SSSR count). The predicted octanol–water partition coefficient (Wildman–Crippen LogP) is 1.04. The molecule has 6 nitrogen and oxygen atoms in total. The molecule has 7 heteroatoms. The monoisotopic (exact) mass is 342 g/mol. The molecule has 2 aliphatic heterocycles. The van der Waals surface area contributed by atoms with Gasteiger partial charge in [0.1, 0.15) is 5.60 Å². The number of hydrogen-bond donors (Lipinski definition) is 1. The van der Waals surface area contributed by atoms with E-state index in [1.807, 2.05) is 4.90 Å². The van der Waals surface area contributed by atoms with Gasteiger partial charge in [-0.05, 0) is 44.4 Å². The van der Waals surface area contributed by atoms with Crippen LogP contribution in [0.25, 0.3) is 0 Å². The van der Waals surface area contributed by atoms with Gasteiger partial charge < -0.3 is 9.64 Å². The molecular formula is C16H26N2O4S. The number of likely N-dealkylation sites (tertiary alicyclic amines) is 1. The average molecular weight is 342 g/mol.